The van der Waals surface area contributed by atoms with E-state index in [1.54, 1.807) is 24.3 Å². The second-order valence-corrected chi connectivity index (χ2v) is 10.2. The Hall–Kier alpha value is -2.57. The molecule has 2 amide bonds. The maximum absolute atomic E-state index is 12.7. The lowest BCUT2D eigenvalue weighted by molar-refractivity contribution is -0.150. The van der Waals surface area contributed by atoms with E-state index in [-0.39, 0.29) is 12.3 Å². The quantitative estimate of drug-likeness (QED) is 0.432. The SMILES string of the molecule is Cc1nnc(SCC2=C(C(=O)O)N3C(=O)[C@@H](NC(=O)COc4ccccc4)[C@@H]3SC2)s1. The highest BCUT2D eigenvalue weighted by Crippen LogP contribution is 2.41. The summed E-state index contributed by atoms with van der Waals surface area (Å²) in [5.74, 6) is -0.613. The summed E-state index contributed by atoms with van der Waals surface area (Å²) < 4.78 is 6.15. The Morgan fingerprint density at radius 2 is 2.10 bits per heavy atom. The summed E-state index contributed by atoms with van der Waals surface area (Å²) in [7, 11) is 0. The van der Waals surface area contributed by atoms with Gasteiger partial charge in [-0.25, -0.2) is 4.79 Å². The Balaban J connectivity index is 1.38. The fourth-order valence-electron chi connectivity index (χ4n) is 3.16. The highest BCUT2D eigenvalue weighted by molar-refractivity contribution is 8.01. The van der Waals surface area contributed by atoms with Crippen LogP contribution in [0, 0.1) is 6.92 Å². The molecule has 162 valence electrons. The Morgan fingerprint density at radius 1 is 1.32 bits per heavy atom. The van der Waals surface area contributed by atoms with Gasteiger partial charge in [0.2, 0.25) is 0 Å². The van der Waals surface area contributed by atoms with Gasteiger partial charge in [0.15, 0.2) is 10.9 Å². The number of carbonyl (C=O) groups is 3. The van der Waals surface area contributed by atoms with Gasteiger partial charge in [0.05, 0.1) is 0 Å². The zero-order chi connectivity index (χ0) is 22.0. The molecule has 0 radical (unpaired) electrons. The van der Waals surface area contributed by atoms with E-state index in [4.69, 9.17) is 4.74 Å². The number of aromatic nitrogens is 2. The first-order valence-electron chi connectivity index (χ1n) is 9.24. The van der Waals surface area contributed by atoms with Gasteiger partial charge in [-0.05, 0) is 24.6 Å². The third-order valence-corrected chi connectivity index (χ3v) is 7.95. The van der Waals surface area contributed by atoms with Crippen molar-refractivity contribution in [3.05, 3.63) is 46.6 Å². The number of carboxylic acids is 1. The molecule has 0 spiro atoms. The molecule has 2 atom stereocenters. The molecule has 1 fully saturated rings. The average Bonchev–Trinajstić information content (AvgIpc) is 3.19. The standard InChI is InChI=1S/C19H18N4O5S3/c1-10-21-22-19(31-10)30-9-11-8-29-17-14(16(25)23(17)15(11)18(26)27)20-13(24)7-28-12-5-3-2-4-6-12/h2-6,14,17H,7-9H2,1H3,(H,20,24)(H,26,27)/t14-,17+/m1/s1. The summed E-state index contributed by atoms with van der Waals surface area (Å²) >= 11 is 4.27. The van der Waals surface area contributed by atoms with Gasteiger partial charge in [0.25, 0.3) is 11.8 Å². The number of rotatable bonds is 8. The minimum absolute atomic E-state index is 0.00600. The smallest absolute Gasteiger partial charge is 0.352 e. The number of aliphatic carboxylic acids is 1. The summed E-state index contributed by atoms with van der Waals surface area (Å²) in [6.07, 6.45) is 0. The predicted octanol–water partition coefficient (Wildman–Crippen LogP) is 1.76. The van der Waals surface area contributed by atoms with Crippen molar-refractivity contribution >= 4 is 52.6 Å². The summed E-state index contributed by atoms with van der Waals surface area (Å²) in [5, 5.41) is 20.8. The predicted molar refractivity (Wildman–Crippen MR) is 117 cm³/mol. The van der Waals surface area contributed by atoms with Crippen LogP contribution in [-0.4, -0.2) is 67.5 Å². The molecule has 2 aromatic rings. The van der Waals surface area contributed by atoms with E-state index in [0.29, 0.717) is 22.8 Å². The zero-order valence-corrected chi connectivity index (χ0v) is 18.8. The minimum Gasteiger partial charge on any atom is -0.484 e. The van der Waals surface area contributed by atoms with E-state index in [0.717, 1.165) is 9.35 Å². The topological polar surface area (TPSA) is 122 Å². The van der Waals surface area contributed by atoms with Gasteiger partial charge < -0.3 is 15.2 Å². The van der Waals surface area contributed by atoms with Gasteiger partial charge >= 0.3 is 5.97 Å². The lowest BCUT2D eigenvalue weighted by Gasteiger charge is -2.49. The Labute approximate surface area is 190 Å². The van der Waals surface area contributed by atoms with Crippen molar-refractivity contribution in [1.82, 2.24) is 20.4 Å². The number of para-hydroxylation sites is 1. The summed E-state index contributed by atoms with van der Waals surface area (Å²) in [6.45, 7) is 1.62. The van der Waals surface area contributed by atoms with E-state index in [9.17, 15) is 19.5 Å². The molecular weight excluding hydrogens is 460 g/mol. The van der Waals surface area contributed by atoms with Crippen LogP contribution in [0.15, 0.2) is 45.9 Å². The van der Waals surface area contributed by atoms with Gasteiger partial charge in [0.1, 0.15) is 27.9 Å². The van der Waals surface area contributed by atoms with E-state index < -0.39 is 29.2 Å². The molecule has 12 heteroatoms. The van der Waals surface area contributed by atoms with Crippen molar-refractivity contribution in [3.63, 3.8) is 0 Å². The molecule has 4 rings (SSSR count). The van der Waals surface area contributed by atoms with E-state index >= 15 is 0 Å². The van der Waals surface area contributed by atoms with E-state index in [1.165, 1.54) is 39.8 Å². The van der Waals surface area contributed by atoms with Gasteiger partial charge in [-0.1, -0.05) is 41.3 Å². The number of hydrogen-bond acceptors (Lipinski definition) is 9. The van der Waals surface area contributed by atoms with Crippen LogP contribution in [-0.2, 0) is 14.4 Å². The third-order valence-electron chi connectivity index (χ3n) is 4.56. The number of thioether (sulfide) groups is 2. The molecule has 31 heavy (non-hydrogen) atoms. The molecular formula is C19H18N4O5S3. The molecule has 2 aliphatic heterocycles. The first-order valence-corrected chi connectivity index (χ1v) is 12.1. The van der Waals surface area contributed by atoms with Gasteiger partial charge in [-0.2, -0.15) is 0 Å². The molecule has 0 saturated carbocycles. The highest BCUT2D eigenvalue weighted by atomic mass is 32.2. The normalized spacial score (nSPS) is 20.2. The molecule has 1 aromatic heterocycles. The monoisotopic (exact) mass is 478 g/mol. The molecule has 0 unspecified atom stereocenters. The first kappa shape index (κ1) is 21.7. The van der Waals surface area contributed by atoms with Crippen molar-refractivity contribution in [2.45, 2.75) is 22.7 Å². The minimum atomic E-state index is -1.15. The number of aryl methyl sites for hydroxylation is 1. The Kier molecular flexibility index (Phi) is 6.49. The average molecular weight is 479 g/mol. The Morgan fingerprint density at radius 3 is 2.77 bits per heavy atom. The molecule has 0 bridgehead atoms. The summed E-state index contributed by atoms with van der Waals surface area (Å²) in [6, 6.07) is 8.11. The zero-order valence-electron chi connectivity index (χ0n) is 16.3. The van der Waals surface area contributed by atoms with Gasteiger partial charge in [-0.3, -0.25) is 14.5 Å². The molecule has 0 aliphatic carbocycles. The van der Waals surface area contributed by atoms with Gasteiger partial charge in [-0.15, -0.1) is 22.0 Å². The number of benzene rings is 1. The summed E-state index contributed by atoms with van der Waals surface area (Å²) in [5.41, 5.74) is 0.644. The number of nitrogens with zero attached hydrogens (tertiary/aromatic N) is 3. The van der Waals surface area contributed by atoms with Crippen LogP contribution in [0.3, 0.4) is 0 Å². The second-order valence-electron chi connectivity index (χ2n) is 6.69. The molecule has 9 nitrogen and oxygen atoms in total. The second kappa shape index (κ2) is 9.28. The lowest BCUT2D eigenvalue weighted by atomic mass is 10.0. The number of β-lactam (4-membered cyclic amide) rings is 1. The van der Waals surface area contributed by atoms with Crippen molar-refractivity contribution < 1.29 is 24.2 Å². The largest absolute Gasteiger partial charge is 0.484 e. The van der Waals surface area contributed by atoms with Gasteiger partial charge in [0, 0.05) is 11.5 Å². The Bertz CT molecular complexity index is 1040. The fraction of sp³-hybridized carbons (Fsp3) is 0.316. The lowest BCUT2D eigenvalue weighted by Crippen LogP contribution is -2.70. The van der Waals surface area contributed by atoms with Crippen molar-refractivity contribution in [2.24, 2.45) is 0 Å². The maximum Gasteiger partial charge on any atom is 0.352 e. The van der Waals surface area contributed by atoms with Crippen LogP contribution in [0.25, 0.3) is 0 Å². The van der Waals surface area contributed by atoms with E-state index in [2.05, 4.69) is 15.5 Å². The number of nitrogens with one attached hydrogen (secondary N) is 1. The number of hydrogen-bond donors (Lipinski definition) is 2. The molecule has 1 saturated heterocycles. The van der Waals surface area contributed by atoms with Crippen molar-refractivity contribution in [2.75, 3.05) is 18.1 Å². The van der Waals surface area contributed by atoms with Crippen LogP contribution < -0.4 is 10.1 Å². The van der Waals surface area contributed by atoms with Crippen LogP contribution in [0.2, 0.25) is 0 Å². The molecule has 1 aromatic carbocycles. The number of amides is 2. The molecule has 2 N–H and O–H groups in total. The third kappa shape index (κ3) is 4.70. The number of carbonyl (C=O) groups excluding carboxylic acids is 2. The number of carboxylic acid groups (broad SMARTS) is 1. The highest BCUT2D eigenvalue weighted by Gasteiger charge is 2.54. The summed E-state index contributed by atoms with van der Waals surface area (Å²) in [4.78, 5) is 38.1. The van der Waals surface area contributed by atoms with Crippen LogP contribution >= 0.6 is 34.9 Å². The van der Waals surface area contributed by atoms with Crippen molar-refractivity contribution in [1.29, 1.82) is 0 Å². The van der Waals surface area contributed by atoms with E-state index in [1.807, 2.05) is 13.0 Å². The van der Waals surface area contributed by atoms with Crippen LogP contribution in [0.1, 0.15) is 5.01 Å². The maximum atomic E-state index is 12.7. The fourth-order valence-corrected chi connectivity index (χ4v) is 6.46. The van der Waals surface area contributed by atoms with Crippen molar-refractivity contribution in [3.8, 4) is 5.75 Å². The van der Waals surface area contributed by atoms with Crippen LogP contribution in [0.5, 0.6) is 5.75 Å². The number of ether oxygens (including phenoxy) is 1. The molecule has 2 aliphatic rings. The number of fused-ring (bicyclic) bond motifs is 1. The molecule has 3 heterocycles. The van der Waals surface area contributed by atoms with Crippen LogP contribution in [0.4, 0.5) is 0 Å². The first-order chi connectivity index (χ1) is 14.9.